The Bertz CT molecular complexity index is 1320. The van der Waals surface area contributed by atoms with Gasteiger partial charge in [0.25, 0.3) is 11.1 Å². The zero-order chi connectivity index (χ0) is 21.2. The van der Waals surface area contributed by atoms with E-state index in [4.69, 9.17) is 0 Å². The fourth-order valence-electron chi connectivity index (χ4n) is 4.01. The smallest absolute Gasteiger partial charge is 0.333 e. The minimum absolute atomic E-state index is 0.0381. The second-order valence-electron chi connectivity index (χ2n) is 8.51. The third kappa shape index (κ3) is 2.94. The number of anilines is 3. The molecule has 30 heavy (non-hydrogen) atoms. The fraction of sp³-hybridized carbons (Fsp3) is 0.409. The number of rotatable bonds is 5. The van der Waals surface area contributed by atoms with Gasteiger partial charge in [0.05, 0.1) is 5.69 Å². The summed E-state index contributed by atoms with van der Waals surface area (Å²) in [4.78, 5) is 41.3. The van der Waals surface area contributed by atoms with Crippen LogP contribution in [0.3, 0.4) is 0 Å². The zero-order valence-corrected chi connectivity index (χ0v) is 17.4. The van der Waals surface area contributed by atoms with E-state index < -0.39 is 0 Å². The lowest BCUT2D eigenvalue weighted by molar-refractivity contribution is 0.579. The third-order valence-corrected chi connectivity index (χ3v) is 5.97. The lowest BCUT2D eigenvalue weighted by Gasteiger charge is -2.19. The Kier molecular flexibility index (Phi) is 4.13. The van der Waals surface area contributed by atoms with Gasteiger partial charge in [-0.1, -0.05) is 0 Å². The lowest BCUT2D eigenvalue weighted by atomic mass is 10.2. The largest absolute Gasteiger partial charge is 0.378 e. The third-order valence-electron chi connectivity index (χ3n) is 5.97. The van der Waals surface area contributed by atoms with Crippen LogP contribution < -0.4 is 27.0 Å². The van der Waals surface area contributed by atoms with E-state index in [0.717, 1.165) is 37.1 Å². The van der Waals surface area contributed by atoms with E-state index in [9.17, 15) is 14.4 Å². The maximum atomic E-state index is 13.4. The molecule has 156 valence electrons. The minimum Gasteiger partial charge on any atom is -0.378 e. The maximum Gasteiger partial charge on any atom is 0.333 e. The molecule has 1 aromatic carbocycles. The van der Waals surface area contributed by atoms with Gasteiger partial charge in [-0.25, -0.2) is 4.79 Å². The standard InChI is InChI=1S/C22H25N5O3/c1-24(2)14-6-4-13(5-7-14)23-17-12-18(28)25(3)20-19(17)21(29)27(16-10-11-16)22(30)26(20)15-8-9-15/h4-7,12,15-16,23H,8-11H2,1-3H3. The van der Waals surface area contributed by atoms with Crippen LogP contribution in [0.5, 0.6) is 0 Å². The van der Waals surface area contributed by atoms with E-state index in [1.807, 2.05) is 43.3 Å². The summed E-state index contributed by atoms with van der Waals surface area (Å²) in [7, 11) is 5.56. The number of benzene rings is 1. The zero-order valence-electron chi connectivity index (χ0n) is 17.4. The highest BCUT2D eigenvalue weighted by Gasteiger charge is 2.34. The highest BCUT2D eigenvalue weighted by Crippen LogP contribution is 2.38. The highest BCUT2D eigenvalue weighted by molar-refractivity contribution is 5.91. The summed E-state index contributed by atoms with van der Waals surface area (Å²) < 4.78 is 4.48. The monoisotopic (exact) mass is 407 g/mol. The number of nitrogens with one attached hydrogen (secondary N) is 1. The fourth-order valence-corrected chi connectivity index (χ4v) is 4.01. The van der Waals surface area contributed by atoms with Crippen molar-refractivity contribution >= 4 is 28.1 Å². The Balaban J connectivity index is 1.76. The molecule has 0 bridgehead atoms. The molecule has 5 rings (SSSR count). The van der Waals surface area contributed by atoms with E-state index in [2.05, 4.69) is 5.32 Å². The molecule has 0 spiro atoms. The van der Waals surface area contributed by atoms with Crippen LogP contribution in [-0.2, 0) is 7.05 Å². The van der Waals surface area contributed by atoms with Crippen LogP contribution in [0.15, 0.2) is 44.7 Å². The summed E-state index contributed by atoms with van der Waals surface area (Å²) in [6.45, 7) is 0. The molecular weight excluding hydrogens is 382 g/mol. The topological polar surface area (TPSA) is 81.3 Å². The number of fused-ring (bicyclic) bond motifs is 1. The number of aryl methyl sites for hydroxylation is 1. The van der Waals surface area contributed by atoms with Gasteiger partial charge < -0.3 is 10.2 Å². The van der Waals surface area contributed by atoms with Gasteiger partial charge in [0.1, 0.15) is 11.0 Å². The molecule has 3 aromatic rings. The summed E-state index contributed by atoms with van der Waals surface area (Å²) in [6.07, 6.45) is 3.45. The Labute approximate surface area is 173 Å². The predicted octanol–water partition coefficient (Wildman–Crippen LogP) is 2.34. The van der Waals surface area contributed by atoms with E-state index in [0.29, 0.717) is 16.7 Å². The van der Waals surface area contributed by atoms with Gasteiger partial charge in [0.15, 0.2) is 0 Å². The molecule has 0 radical (unpaired) electrons. The van der Waals surface area contributed by atoms with Gasteiger partial charge in [-0.2, -0.15) is 0 Å². The Morgan fingerprint density at radius 3 is 2.10 bits per heavy atom. The first-order chi connectivity index (χ1) is 14.4. The summed E-state index contributed by atoms with van der Waals surface area (Å²) in [5, 5.41) is 3.65. The summed E-state index contributed by atoms with van der Waals surface area (Å²) in [5.74, 6) is 0. The van der Waals surface area contributed by atoms with E-state index in [1.165, 1.54) is 15.2 Å². The van der Waals surface area contributed by atoms with Crippen LogP contribution >= 0.6 is 0 Å². The second kappa shape index (κ2) is 6.62. The average molecular weight is 407 g/mol. The van der Waals surface area contributed by atoms with E-state index in [1.54, 1.807) is 11.6 Å². The molecule has 2 fully saturated rings. The number of aromatic nitrogens is 3. The van der Waals surface area contributed by atoms with Crippen LogP contribution in [0.2, 0.25) is 0 Å². The summed E-state index contributed by atoms with van der Waals surface area (Å²) in [5.41, 5.74) is 1.80. The van der Waals surface area contributed by atoms with Crippen LogP contribution in [0, 0.1) is 0 Å². The van der Waals surface area contributed by atoms with Gasteiger partial charge in [-0.3, -0.25) is 23.3 Å². The van der Waals surface area contributed by atoms with Crippen molar-refractivity contribution < 1.29 is 0 Å². The summed E-state index contributed by atoms with van der Waals surface area (Å²) >= 11 is 0. The molecule has 0 saturated heterocycles. The summed E-state index contributed by atoms with van der Waals surface area (Å²) in [6, 6.07) is 9.21. The molecule has 0 aliphatic heterocycles. The number of pyridine rings is 1. The van der Waals surface area contributed by atoms with Crippen molar-refractivity contribution in [1.82, 2.24) is 13.7 Å². The molecule has 2 aliphatic carbocycles. The van der Waals surface area contributed by atoms with E-state index >= 15 is 0 Å². The van der Waals surface area contributed by atoms with Crippen molar-refractivity contribution in [2.45, 2.75) is 37.8 Å². The highest BCUT2D eigenvalue weighted by atomic mass is 16.2. The molecule has 2 aliphatic rings. The molecule has 0 atom stereocenters. The van der Waals surface area contributed by atoms with Crippen molar-refractivity contribution in [2.75, 3.05) is 24.3 Å². The number of hydrogen-bond donors (Lipinski definition) is 1. The Morgan fingerprint density at radius 1 is 0.933 bits per heavy atom. The molecule has 2 heterocycles. The van der Waals surface area contributed by atoms with Crippen LogP contribution in [0.25, 0.3) is 11.0 Å². The van der Waals surface area contributed by atoms with Crippen molar-refractivity contribution in [3.8, 4) is 0 Å². The maximum absolute atomic E-state index is 13.4. The Hall–Kier alpha value is -3.29. The van der Waals surface area contributed by atoms with Crippen LogP contribution in [0.4, 0.5) is 17.1 Å². The van der Waals surface area contributed by atoms with Crippen molar-refractivity contribution in [2.24, 2.45) is 7.05 Å². The quantitative estimate of drug-likeness (QED) is 0.702. The van der Waals surface area contributed by atoms with Crippen molar-refractivity contribution in [3.05, 3.63) is 61.5 Å². The normalized spacial score (nSPS) is 16.1. The molecule has 2 aromatic heterocycles. The van der Waals surface area contributed by atoms with Gasteiger partial charge in [-0.05, 0) is 49.9 Å². The average Bonchev–Trinajstić information content (AvgIpc) is 3.60. The number of nitrogens with zero attached hydrogens (tertiary/aromatic N) is 4. The lowest BCUT2D eigenvalue weighted by Crippen LogP contribution is -2.41. The molecule has 0 amide bonds. The first-order valence-electron chi connectivity index (χ1n) is 10.3. The number of hydrogen-bond acceptors (Lipinski definition) is 5. The van der Waals surface area contributed by atoms with Gasteiger partial charge >= 0.3 is 5.69 Å². The predicted molar refractivity (Wildman–Crippen MR) is 118 cm³/mol. The molecule has 8 nitrogen and oxygen atoms in total. The first kappa shape index (κ1) is 18.7. The molecular formula is C22H25N5O3. The molecule has 2 saturated carbocycles. The van der Waals surface area contributed by atoms with Crippen LogP contribution in [-0.4, -0.2) is 27.8 Å². The SMILES string of the molecule is CN(C)c1ccc(Nc2cc(=O)n(C)c3c2c(=O)n(C2CC2)c(=O)n3C2CC2)cc1. The van der Waals surface area contributed by atoms with Crippen LogP contribution in [0.1, 0.15) is 37.8 Å². The molecule has 8 heteroatoms. The van der Waals surface area contributed by atoms with E-state index in [-0.39, 0.29) is 28.9 Å². The second-order valence-corrected chi connectivity index (χ2v) is 8.51. The van der Waals surface area contributed by atoms with Crippen molar-refractivity contribution in [3.63, 3.8) is 0 Å². The van der Waals surface area contributed by atoms with Crippen molar-refractivity contribution in [1.29, 1.82) is 0 Å². The molecule has 0 unspecified atom stereocenters. The molecule has 1 N–H and O–H groups in total. The van der Waals surface area contributed by atoms with Gasteiger partial charge in [0, 0.05) is 50.7 Å². The first-order valence-corrected chi connectivity index (χ1v) is 10.3. The minimum atomic E-state index is -0.322. The van der Waals surface area contributed by atoms with Gasteiger partial charge in [-0.15, -0.1) is 0 Å². The van der Waals surface area contributed by atoms with Gasteiger partial charge in [0.2, 0.25) is 0 Å². The Morgan fingerprint density at radius 2 is 1.53 bits per heavy atom.